The normalized spacial score (nSPS) is 21.9. The van der Waals surface area contributed by atoms with Gasteiger partial charge in [0.2, 0.25) is 0 Å². The fraction of sp³-hybridized carbons (Fsp3) is 0.588. The number of anilines is 1. The van der Waals surface area contributed by atoms with Crippen LogP contribution in [0.25, 0.3) is 0 Å². The number of hydrogen-bond acceptors (Lipinski definition) is 3. The maximum atomic E-state index is 12.7. The highest BCUT2D eigenvalue weighted by atomic mass is 16.5. The molecule has 1 aromatic rings. The van der Waals surface area contributed by atoms with E-state index in [9.17, 15) is 4.79 Å². The molecule has 0 aromatic heterocycles. The molecular formula is C17H26N2O2. The predicted molar refractivity (Wildman–Crippen MR) is 85.5 cm³/mol. The SMILES string of the molecule is CCOc1cc(N)cc(C(=O)N(C)C2CCCCC2C)c1. The van der Waals surface area contributed by atoms with Gasteiger partial charge in [-0.2, -0.15) is 0 Å². The van der Waals surface area contributed by atoms with Gasteiger partial charge in [-0.15, -0.1) is 0 Å². The Hall–Kier alpha value is -1.71. The third-order valence-electron chi connectivity index (χ3n) is 4.37. The quantitative estimate of drug-likeness (QED) is 0.865. The van der Waals surface area contributed by atoms with Crippen molar-refractivity contribution in [1.29, 1.82) is 0 Å². The van der Waals surface area contributed by atoms with Crippen LogP contribution in [0.1, 0.15) is 49.9 Å². The summed E-state index contributed by atoms with van der Waals surface area (Å²) in [4.78, 5) is 14.6. The van der Waals surface area contributed by atoms with Gasteiger partial charge in [0.15, 0.2) is 0 Å². The molecule has 4 heteroatoms. The molecule has 2 rings (SSSR count). The summed E-state index contributed by atoms with van der Waals surface area (Å²) in [6, 6.07) is 5.59. The number of ether oxygens (including phenoxy) is 1. The number of amides is 1. The second-order valence-electron chi connectivity index (χ2n) is 5.97. The first-order valence-electron chi connectivity index (χ1n) is 7.83. The summed E-state index contributed by atoms with van der Waals surface area (Å²) in [5.41, 5.74) is 7.06. The van der Waals surface area contributed by atoms with E-state index in [1.165, 1.54) is 19.3 Å². The fourth-order valence-electron chi connectivity index (χ4n) is 3.22. The summed E-state index contributed by atoms with van der Waals surface area (Å²) in [7, 11) is 1.90. The summed E-state index contributed by atoms with van der Waals surface area (Å²) >= 11 is 0. The molecule has 116 valence electrons. The molecule has 4 nitrogen and oxygen atoms in total. The summed E-state index contributed by atoms with van der Waals surface area (Å²) < 4.78 is 5.47. The van der Waals surface area contributed by atoms with Crippen molar-refractivity contribution in [3.05, 3.63) is 23.8 Å². The fourth-order valence-corrected chi connectivity index (χ4v) is 3.22. The Kier molecular flexibility index (Phi) is 5.10. The highest BCUT2D eigenvalue weighted by molar-refractivity contribution is 5.95. The molecule has 1 aliphatic carbocycles. The van der Waals surface area contributed by atoms with Crippen LogP contribution in [0.5, 0.6) is 5.75 Å². The molecule has 0 heterocycles. The first-order valence-corrected chi connectivity index (χ1v) is 7.83. The monoisotopic (exact) mass is 290 g/mol. The second-order valence-corrected chi connectivity index (χ2v) is 5.97. The number of nitrogen functional groups attached to an aromatic ring is 1. The predicted octanol–water partition coefficient (Wildman–Crippen LogP) is 3.32. The maximum absolute atomic E-state index is 12.7. The van der Waals surface area contributed by atoms with Crippen molar-refractivity contribution in [1.82, 2.24) is 4.90 Å². The molecule has 0 saturated heterocycles. The van der Waals surface area contributed by atoms with E-state index in [1.807, 2.05) is 18.9 Å². The van der Waals surface area contributed by atoms with Crippen molar-refractivity contribution in [2.45, 2.75) is 45.6 Å². The van der Waals surface area contributed by atoms with E-state index < -0.39 is 0 Å². The van der Waals surface area contributed by atoms with Crippen molar-refractivity contribution in [2.75, 3.05) is 19.4 Å². The number of rotatable bonds is 4. The number of nitrogens with two attached hydrogens (primary N) is 1. The van der Waals surface area contributed by atoms with E-state index in [0.717, 1.165) is 6.42 Å². The van der Waals surface area contributed by atoms with Gasteiger partial charge >= 0.3 is 0 Å². The molecule has 2 N–H and O–H groups in total. The highest BCUT2D eigenvalue weighted by Crippen LogP contribution is 2.29. The summed E-state index contributed by atoms with van der Waals surface area (Å²) in [5, 5.41) is 0. The summed E-state index contributed by atoms with van der Waals surface area (Å²) in [6.07, 6.45) is 4.76. The average molecular weight is 290 g/mol. The zero-order valence-electron chi connectivity index (χ0n) is 13.3. The molecule has 2 atom stereocenters. The molecule has 0 spiro atoms. The van der Waals surface area contributed by atoms with E-state index in [4.69, 9.17) is 10.5 Å². The molecule has 1 aliphatic rings. The highest BCUT2D eigenvalue weighted by Gasteiger charge is 2.28. The first kappa shape index (κ1) is 15.7. The molecule has 1 amide bonds. The van der Waals surface area contributed by atoms with Crippen LogP contribution in [-0.4, -0.2) is 30.5 Å². The van der Waals surface area contributed by atoms with Gasteiger partial charge in [-0.05, 0) is 37.8 Å². The van der Waals surface area contributed by atoms with Crippen LogP contribution in [0.2, 0.25) is 0 Å². The van der Waals surface area contributed by atoms with Crippen molar-refractivity contribution < 1.29 is 9.53 Å². The Morgan fingerprint density at radius 1 is 1.33 bits per heavy atom. The topological polar surface area (TPSA) is 55.6 Å². The molecule has 0 aliphatic heterocycles. The molecular weight excluding hydrogens is 264 g/mol. The van der Waals surface area contributed by atoms with Gasteiger partial charge < -0.3 is 15.4 Å². The minimum Gasteiger partial charge on any atom is -0.494 e. The van der Waals surface area contributed by atoms with Gasteiger partial charge in [-0.3, -0.25) is 4.79 Å². The molecule has 2 unspecified atom stereocenters. The van der Waals surface area contributed by atoms with E-state index in [0.29, 0.717) is 35.6 Å². The van der Waals surface area contributed by atoms with Crippen LogP contribution in [0.15, 0.2) is 18.2 Å². The Balaban J connectivity index is 2.18. The summed E-state index contributed by atoms with van der Waals surface area (Å²) in [6.45, 7) is 4.71. The molecule has 0 bridgehead atoms. The molecule has 1 fully saturated rings. The maximum Gasteiger partial charge on any atom is 0.254 e. The van der Waals surface area contributed by atoms with Gasteiger partial charge in [0.05, 0.1) is 6.61 Å². The van der Waals surface area contributed by atoms with Gasteiger partial charge in [-0.25, -0.2) is 0 Å². The molecule has 0 radical (unpaired) electrons. The zero-order valence-corrected chi connectivity index (χ0v) is 13.3. The smallest absolute Gasteiger partial charge is 0.254 e. The van der Waals surface area contributed by atoms with E-state index in [2.05, 4.69) is 6.92 Å². The van der Waals surface area contributed by atoms with Crippen LogP contribution < -0.4 is 10.5 Å². The van der Waals surface area contributed by atoms with Crippen LogP contribution >= 0.6 is 0 Å². The minimum atomic E-state index is 0.0296. The van der Waals surface area contributed by atoms with Crippen molar-refractivity contribution in [3.8, 4) is 5.75 Å². The number of carbonyl (C=O) groups excluding carboxylic acids is 1. The lowest BCUT2D eigenvalue weighted by molar-refractivity contribution is 0.0628. The minimum absolute atomic E-state index is 0.0296. The van der Waals surface area contributed by atoms with Gasteiger partial charge in [0.1, 0.15) is 5.75 Å². The average Bonchev–Trinajstić information content (AvgIpc) is 2.46. The Bertz CT molecular complexity index is 502. The van der Waals surface area contributed by atoms with Gasteiger partial charge in [0.25, 0.3) is 5.91 Å². The van der Waals surface area contributed by atoms with Crippen LogP contribution in [0, 0.1) is 5.92 Å². The van der Waals surface area contributed by atoms with Crippen LogP contribution in [0.4, 0.5) is 5.69 Å². The van der Waals surface area contributed by atoms with Crippen molar-refractivity contribution in [2.24, 2.45) is 5.92 Å². The Labute approximate surface area is 127 Å². The van der Waals surface area contributed by atoms with Gasteiger partial charge in [-0.1, -0.05) is 19.8 Å². The van der Waals surface area contributed by atoms with Crippen molar-refractivity contribution >= 4 is 11.6 Å². The number of hydrogen-bond donors (Lipinski definition) is 1. The van der Waals surface area contributed by atoms with Crippen molar-refractivity contribution in [3.63, 3.8) is 0 Å². The van der Waals surface area contributed by atoms with Crippen LogP contribution in [0.3, 0.4) is 0 Å². The third kappa shape index (κ3) is 3.69. The molecule has 1 aromatic carbocycles. The van der Waals surface area contributed by atoms with E-state index >= 15 is 0 Å². The number of carbonyl (C=O) groups is 1. The Morgan fingerprint density at radius 2 is 2.05 bits per heavy atom. The van der Waals surface area contributed by atoms with Gasteiger partial charge in [0, 0.05) is 30.4 Å². The third-order valence-corrected chi connectivity index (χ3v) is 4.37. The molecule has 21 heavy (non-hydrogen) atoms. The number of benzene rings is 1. The lowest BCUT2D eigenvalue weighted by atomic mass is 9.85. The first-order chi connectivity index (χ1) is 10.0. The van der Waals surface area contributed by atoms with E-state index in [1.54, 1.807) is 18.2 Å². The van der Waals surface area contributed by atoms with Crippen LogP contribution in [-0.2, 0) is 0 Å². The zero-order chi connectivity index (χ0) is 15.4. The lowest BCUT2D eigenvalue weighted by Gasteiger charge is -2.36. The largest absolute Gasteiger partial charge is 0.494 e. The summed E-state index contributed by atoms with van der Waals surface area (Å²) in [5.74, 6) is 1.24. The standard InChI is InChI=1S/C17H26N2O2/c1-4-21-15-10-13(9-14(18)11-15)17(20)19(3)16-8-6-5-7-12(16)2/h9-12,16H,4-8,18H2,1-3H3. The number of nitrogens with zero attached hydrogens (tertiary/aromatic N) is 1. The Morgan fingerprint density at radius 3 is 2.71 bits per heavy atom. The molecule has 1 saturated carbocycles. The van der Waals surface area contributed by atoms with E-state index in [-0.39, 0.29) is 5.91 Å². The lowest BCUT2D eigenvalue weighted by Crippen LogP contribution is -2.42. The second kappa shape index (κ2) is 6.83.